The van der Waals surface area contributed by atoms with E-state index < -0.39 is 5.41 Å². The Hall–Kier alpha value is -5.22. The summed E-state index contributed by atoms with van der Waals surface area (Å²) >= 11 is 0. The van der Waals surface area contributed by atoms with Crippen molar-refractivity contribution in [2.45, 2.75) is 52.4 Å². The molecule has 0 unspecified atom stereocenters. The van der Waals surface area contributed by atoms with Gasteiger partial charge in [0.25, 0.3) is 5.91 Å². The quantitative estimate of drug-likeness (QED) is 0.122. The van der Waals surface area contributed by atoms with Crippen molar-refractivity contribution in [1.29, 1.82) is 0 Å². The van der Waals surface area contributed by atoms with Crippen molar-refractivity contribution in [3.05, 3.63) is 102 Å². The first-order valence-corrected chi connectivity index (χ1v) is 15.8. The molecule has 0 aliphatic rings. The zero-order valence-electron chi connectivity index (χ0n) is 27.6. The number of ether oxygens (including phenoxy) is 2. The summed E-state index contributed by atoms with van der Waals surface area (Å²) < 4.78 is 13.1. The minimum atomic E-state index is -0.405. The van der Waals surface area contributed by atoms with Crippen LogP contribution in [-0.2, 0) is 21.4 Å². The second-order valence-electron chi connectivity index (χ2n) is 12.2. The number of urea groups is 1. The van der Waals surface area contributed by atoms with E-state index in [9.17, 15) is 9.59 Å². The van der Waals surface area contributed by atoms with E-state index in [0.29, 0.717) is 29.7 Å². The van der Waals surface area contributed by atoms with Crippen molar-refractivity contribution in [2.24, 2.45) is 0 Å². The third kappa shape index (κ3) is 8.33. The lowest BCUT2D eigenvalue weighted by atomic mass is 9.86. The number of aryl methyl sites for hydroxylation is 2. The highest BCUT2D eigenvalue weighted by atomic mass is 16.5. The second kappa shape index (κ2) is 14.9. The fourth-order valence-corrected chi connectivity index (χ4v) is 5.23. The Bertz CT molecular complexity index is 1850. The largest absolute Gasteiger partial charge is 0.492 e. The smallest absolute Gasteiger partial charge is 0.324 e. The summed E-state index contributed by atoms with van der Waals surface area (Å²) in [5.41, 5.74) is 4.17. The minimum Gasteiger partial charge on any atom is -0.492 e. The number of anilines is 3. The van der Waals surface area contributed by atoms with Crippen LogP contribution in [0.4, 0.5) is 22.1 Å². The third-order valence-corrected chi connectivity index (χ3v) is 7.87. The number of rotatable bonds is 13. The van der Waals surface area contributed by atoms with E-state index in [1.54, 1.807) is 10.9 Å². The van der Waals surface area contributed by atoms with Crippen molar-refractivity contribution in [1.82, 2.24) is 14.8 Å². The maximum Gasteiger partial charge on any atom is 0.324 e. The summed E-state index contributed by atoms with van der Waals surface area (Å²) in [5.74, 6) is 1.48. The van der Waals surface area contributed by atoms with Gasteiger partial charge in [0.05, 0.1) is 23.7 Å². The normalized spacial score (nSPS) is 11.3. The molecular formula is C37H42N6O4. The number of hydrogen-bond acceptors (Lipinski definition) is 6. The van der Waals surface area contributed by atoms with E-state index in [1.165, 1.54) is 7.11 Å². The lowest BCUT2D eigenvalue weighted by molar-refractivity contribution is -0.119. The molecule has 0 spiro atoms. The minimum absolute atomic E-state index is 0.0455. The lowest BCUT2D eigenvalue weighted by Gasteiger charge is -2.26. The van der Waals surface area contributed by atoms with Crippen LogP contribution in [0.5, 0.6) is 5.75 Å². The Balaban J connectivity index is 1.32. The SMILES string of the molecule is CCCCc1cc(NC(=O)Nc2ccc(OCC(C)(C)c3ccnc(NC(=O)COC)c3)c3ccccc23)n(-c2ccc(C)cc2)n1. The Kier molecular flexibility index (Phi) is 10.5. The molecule has 3 aromatic carbocycles. The highest BCUT2D eigenvalue weighted by Gasteiger charge is 2.24. The van der Waals surface area contributed by atoms with Gasteiger partial charge in [-0.05, 0) is 61.7 Å². The molecule has 0 aliphatic carbocycles. The van der Waals surface area contributed by atoms with Gasteiger partial charge in [-0.2, -0.15) is 5.10 Å². The number of unbranched alkanes of at least 4 members (excludes halogenated alkanes) is 1. The molecule has 2 heterocycles. The van der Waals surface area contributed by atoms with Crippen LogP contribution in [0.2, 0.25) is 0 Å². The summed E-state index contributed by atoms with van der Waals surface area (Å²) in [6, 6.07) is 24.9. The first-order valence-electron chi connectivity index (χ1n) is 15.8. The van der Waals surface area contributed by atoms with Crippen LogP contribution < -0.4 is 20.7 Å². The molecule has 0 radical (unpaired) electrons. The Morgan fingerprint density at radius 1 is 0.915 bits per heavy atom. The van der Waals surface area contributed by atoms with Crippen LogP contribution in [-0.4, -0.2) is 47.0 Å². The Morgan fingerprint density at radius 2 is 1.68 bits per heavy atom. The average molecular weight is 635 g/mol. The Morgan fingerprint density at radius 3 is 2.43 bits per heavy atom. The molecule has 0 atom stereocenters. The average Bonchev–Trinajstić information content (AvgIpc) is 3.46. The van der Waals surface area contributed by atoms with Gasteiger partial charge in [-0.25, -0.2) is 14.5 Å². The summed E-state index contributed by atoms with van der Waals surface area (Å²) in [4.78, 5) is 29.6. The van der Waals surface area contributed by atoms with Crippen LogP contribution in [0.25, 0.3) is 16.5 Å². The highest BCUT2D eigenvalue weighted by molar-refractivity contribution is 6.07. The maximum atomic E-state index is 13.4. The molecule has 5 rings (SSSR count). The number of carbonyl (C=O) groups excluding carboxylic acids is 2. The first kappa shape index (κ1) is 33.2. The van der Waals surface area contributed by atoms with Crippen molar-refractivity contribution < 1.29 is 19.1 Å². The molecule has 0 saturated heterocycles. The van der Waals surface area contributed by atoms with Crippen LogP contribution in [0, 0.1) is 6.92 Å². The van der Waals surface area contributed by atoms with Gasteiger partial charge < -0.3 is 20.1 Å². The highest BCUT2D eigenvalue weighted by Crippen LogP contribution is 2.34. The van der Waals surface area contributed by atoms with Gasteiger partial charge in [0.2, 0.25) is 0 Å². The van der Waals surface area contributed by atoms with Crippen LogP contribution >= 0.6 is 0 Å². The Labute approximate surface area is 275 Å². The molecule has 244 valence electrons. The molecule has 47 heavy (non-hydrogen) atoms. The second-order valence-corrected chi connectivity index (χ2v) is 12.2. The van der Waals surface area contributed by atoms with Crippen molar-refractivity contribution in [3.8, 4) is 11.4 Å². The van der Waals surface area contributed by atoms with Crippen molar-refractivity contribution >= 4 is 40.0 Å². The number of hydrogen-bond donors (Lipinski definition) is 3. The number of methoxy groups -OCH3 is 1. The maximum absolute atomic E-state index is 13.4. The molecule has 0 aliphatic heterocycles. The van der Waals surface area contributed by atoms with Gasteiger partial charge in [0.15, 0.2) is 0 Å². The summed E-state index contributed by atoms with van der Waals surface area (Å²) in [7, 11) is 1.47. The van der Waals surface area contributed by atoms with Crippen molar-refractivity contribution in [2.75, 3.05) is 36.3 Å². The topological polar surface area (TPSA) is 119 Å². The van der Waals surface area contributed by atoms with Crippen LogP contribution in [0.15, 0.2) is 85.1 Å². The third-order valence-electron chi connectivity index (χ3n) is 7.87. The monoisotopic (exact) mass is 634 g/mol. The van der Waals surface area contributed by atoms with Gasteiger partial charge in [-0.1, -0.05) is 69.2 Å². The fraction of sp³-hybridized carbons (Fsp3) is 0.297. The van der Waals surface area contributed by atoms with E-state index in [-0.39, 0.29) is 18.5 Å². The first-order chi connectivity index (χ1) is 22.7. The molecule has 0 bridgehead atoms. The molecular weight excluding hydrogens is 592 g/mol. The number of nitrogens with zero attached hydrogens (tertiary/aromatic N) is 3. The predicted octanol–water partition coefficient (Wildman–Crippen LogP) is 7.66. The zero-order valence-corrected chi connectivity index (χ0v) is 27.6. The van der Waals surface area contributed by atoms with E-state index in [2.05, 4.69) is 41.7 Å². The summed E-state index contributed by atoms with van der Waals surface area (Å²) in [6.45, 7) is 8.65. The van der Waals surface area contributed by atoms with Gasteiger partial charge in [0.1, 0.15) is 24.0 Å². The number of nitrogens with one attached hydrogen (secondary N) is 3. The molecule has 3 amide bonds. The molecule has 10 nitrogen and oxygen atoms in total. The molecule has 0 fully saturated rings. The van der Waals surface area contributed by atoms with Gasteiger partial charge in [0, 0.05) is 35.6 Å². The van der Waals surface area contributed by atoms with E-state index in [1.807, 2.05) is 85.8 Å². The van der Waals surface area contributed by atoms with Gasteiger partial charge >= 0.3 is 6.03 Å². The van der Waals surface area contributed by atoms with Crippen LogP contribution in [0.3, 0.4) is 0 Å². The lowest BCUT2D eigenvalue weighted by Crippen LogP contribution is -2.27. The van der Waals surface area contributed by atoms with E-state index in [4.69, 9.17) is 14.6 Å². The summed E-state index contributed by atoms with van der Waals surface area (Å²) in [5, 5.41) is 15.3. The molecule has 2 aromatic heterocycles. The zero-order chi connectivity index (χ0) is 33.4. The van der Waals surface area contributed by atoms with E-state index >= 15 is 0 Å². The standard InChI is InChI=1S/C37H42N6O4/c1-6-7-10-27-22-34(43(42-27)28-15-13-25(2)14-16-28)41-36(45)39-31-17-18-32(30-12-9-8-11-29(30)31)47-24-37(3,4)26-19-20-38-33(21-26)40-35(44)23-46-5/h8-9,11-22H,6-7,10,23-24H2,1-5H3,(H,38,40,44)(H2,39,41,45). The predicted molar refractivity (Wildman–Crippen MR) is 187 cm³/mol. The number of pyridine rings is 1. The molecule has 5 aromatic rings. The molecule has 3 N–H and O–H groups in total. The summed E-state index contributed by atoms with van der Waals surface area (Å²) in [6.07, 6.45) is 4.58. The number of amides is 3. The number of carbonyl (C=O) groups is 2. The molecule has 0 saturated carbocycles. The molecule has 10 heteroatoms. The van der Waals surface area contributed by atoms with E-state index in [0.717, 1.165) is 52.5 Å². The van der Waals surface area contributed by atoms with Crippen molar-refractivity contribution in [3.63, 3.8) is 0 Å². The number of benzene rings is 3. The number of aromatic nitrogens is 3. The number of fused-ring (bicyclic) bond motifs is 1. The van der Waals surface area contributed by atoms with Crippen LogP contribution in [0.1, 0.15) is 50.4 Å². The fourth-order valence-electron chi connectivity index (χ4n) is 5.23. The van der Waals surface area contributed by atoms with Gasteiger partial charge in [-0.15, -0.1) is 0 Å². The van der Waals surface area contributed by atoms with Gasteiger partial charge in [-0.3, -0.25) is 10.1 Å².